The van der Waals surface area contributed by atoms with E-state index in [-0.39, 0.29) is 5.75 Å². The summed E-state index contributed by atoms with van der Waals surface area (Å²) in [4.78, 5) is 4.41. The van der Waals surface area contributed by atoms with E-state index in [1.54, 1.807) is 18.3 Å². The summed E-state index contributed by atoms with van der Waals surface area (Å²) in [5.41, 5.74) is 2.95. The Morgan fingerprint density at radius 2 is 1.95 bits per heavy atom. The standard InChI is InChI=1S/C16H16BrNO2/c1-3-20-15-9-12(8-14(17)16(15)19)10-18-13-6-4-11(2)5-7-13/h4-10,19H,3H2,1-2H3. The Labute approximate surface area is 127 Å². The van der Waals surface area contributed by atoms with E-state index in [0.717, 1.165) is 11.3 Å². The molecule has 0 radical (unpaired) electrons. The monoisotopic (exact) mass is 333 g/mol. The molecule has 1 N–H and O–H groups in total. The smallest absolute Gasteiger partial charge is 0.172 e. The first-order valence-electron chi connectivity index (χ1n) is 6.36. The molecule has 0 fully saturated rings. The average Bonchev–Trinajstić information content (AvgIpc) is 2.44. The number of benzene rings is 2. The van der Waals surface area contributed by atoms with Crippen molar-refractivity contribution in [1.82, 2.24) is 0 Å². The van der Waals surface area contributed by atoms with E-state index >= 15 is 0 Å². The molecule has 0 heterocycles. The lowest BCUT2D eigenvalue weighted by atomic mass is 10.2. The Bertz CT molecular complexity index is 621. The first kappa shape index (κ1) is 14.6. The molecule has 2 aromatic rings. The van der Waals surface area contributed by atoms with E-state index in [1.807, 2.05) is 38.1 Å². The summed E-state index contributed by atoms with van der Waals surface area (Å²) in [7, 11) is 0. The second-order valence-electron chi connectivity index (χ2n) is 4.38. The third-order valence-corrected chi connectivity index (χ3v) is 3.35. The maximum atomic E-state index is 9.85. The number of rotatable bonds is 4. The van der Waals surface area contributed by atoms with Gasteiger partial charge in [0.15, 0.2) is 11.5 Å². The molecule has 20 heavy (non-hydrogen) atoms. The zero-order valence-corrected chi connectivity index (χ0v) is 13.0. The van der Waals surface area contributed by atoms with E-state index in [9.17, 15) is 5.11 Å². The van der Waals surface area contributed by atoms with Crippen LogP contribution in [0.5, 0.6) is 11.5 Å². The Morgan fingerprint density at radius 3 is 2.60 bits per heavy atom. The van der Waals surface area contributed by atoms with Crippen LogP contribution in [0.25, 0.3) is 0 Å². The summed E-state index contributed by atoms with van der Waals surface area (Å²) >= 11 is 3.31. The van der Waals surface area contributed by atoms with Gasteiger partial charge in [-0.3, -0.25) is 4.99 Å². The Hall–Kier alpha value is -1.81. The number of aryl methyl sites for hydroxylation is 1. The lowest BCUT2D eigenvalue weighted by Gasteiger charge is -2.08. The fourth-order valence-corrected chi connectivity index (χ4v) is 2.17. The molecule has 0 amide bonds. The van der Waals surface area contributed by atoms with E-state index in [1.165, 1.54) is 5.56 Å². The molecule has 0 aliphatic rings. The average molecular weight is 334 g/mol. The number of ether oxygens (including phenoxy) is 1. The van der Waals surface area contributed by atoms with Gasteiger partial charge in [-0.05, 0) is 59.6 Å². The topological polar surface area (TPSA) is 41.8 Å². The SMILES string of the molecule is CCOc1cc(C=Nc2ccc(C)cc2)cc(Br)c1O. The van der Waals surface area contributed by atoms with E-state index in [2.05, 4.69) is 20.9 Å². The van der Waals surface area contributed by atoms with Crippen molar-refractivity contribution >= 4 is 27.8 Å². The molecule has 0 spiro atoms. The van der Waals surface area contributed by atoms with Gasteiger partial charge in [0.05, 0.1) is 16.8 Å². The van der Waals surface area contributed by atoms with Crippen LogP contribution < -0.4 is 4.74 Å². The van der Waals surface area contributed by atoms with Crippen molar-refractivity contribution in [2.45, 2.75) is 13.8 Å². The third-order valence-electron chi connectivity index (χ3n) is 2.75. The van der Waals surface area contributed by atoms with Crippen LogP contribution in [0, 0.1) is 6.92 Å². The Kier molecular flexibility index (Phi) is 4.79. The van der Waals surface area contributed by atoms with Crippen LogP contribution in [0.2, 0.25) is 0 Å². The van der Waals surface area contributed by atoms with Crippen LogP contribution in [0.1, 0.15) is 18.1 Å². The summed E-state index contributed by atoms with van der Waals surface area (Å²) in [5, 5.41) is 9.85. The number of hydrogen-bond donors (Lipinski definition) is 1. The van der Waals surface area contributed by atoms with E-state index in [4.69, 9.17) is 4.74 Å². The van der Waals surface area contributed by atoms with Crippen LogP contribution in [0.4, 0.5) is 5.69 Å². The van der Waals surface area contributed by atoms with Crippen LogP contribution >= 0.6 is 15.9 Å². The van der Waals surface area contributed by atoms with Gasteiger partial charge in [-0.15, -0.1) is 0 Å². The zero-order chi connectivity index (χ0) is 14.5. The Morgan fingerprint density at radius 1 is 1.25 bits per heavy atom. The van der Waals surface area contributed by atoms with Gasteiger partial charge < -0.3 is 9.84 Å². The normalized spacial score (nSPS) is 10.9. The molecule has 0 unspecified atom stereocenters. The molecule has 0 aliphatic carbocycles. The summed E-state index contributed by atoms with van der Waals surface area (Å²) in [6, 6.07) is 11.5. The molecule has 0 aliphatic heterocycles. The highest BCUT2D eigenvalue weighted by Gasteiger charge is 2.08. The summed E-state index contributed by atoms with van der Waals surface area (Å²) in [6.45, 7) is 4.41. The number of hydrogen-bond acceptors (Lipinski definition) is 3. The predicted octanol–water partition coefficient (Wildman–Crippen LogP) is 4.61. The van der Waals surface area contributed by atoms with Crippen LogP contribution in [-0.4, -0.2) is 17.9 Å². The third kappa shape index (κ3) is 3.61. The lowest BCUT2D eigenvalue weighted by Crippen LogP contribution is -1.94. The molecule has 0 bridgehead atoms. The van der Waals surface area contributed by atoms with Crippen molar-refractivity contribution in [3.8, 4) is 11.5 Å². The Balaban J connectivity index is 2.26. The largest absolute Gasteiger partial charge is 0.503 e. The van der Waals surface area contributed by atoms with E-state index in [0.29, 0.717) is 16.8 Å². The van der Waals surface area contributed by atoms with Crippen molar-refractivity contribution in [3.63, 3.8) is 0 Å². The van der Waals surface area contributed by atoms with Gasteiger partial charge in [0.25, 0.3) is 0 Å². The number of nitrogens with zero attached hydrogens (tertiary/aromatic N) is 1. The second-order valence-corrected chi connectivity index (χ2v) is 5.23. The fraction of sp³-hybridized carbons (Fsp3) is 0.188. The summed E-state index contributed by atoms with van der Waals surface area (Å²) in [5.74, 6) is 0.562. The van der Waals surface area contributed by atoms with E-state index < -0.39 is 0 Å². The van der Waals surface area contributed by atoms with Gasteiger partial charge in [-0.2, -0.15) is 0 Å². The van der Waals surface area contributed by atoms with Crippen molar-refractivity contribution in [2.24, 2.45) is 4.99 Å². The van der Waals surface area contributed by atoms with Crippen molar-refractivity contribution in [2.75, 3.05) is 6.61 Å². The highest BCUT2D eigenvalue weighted by molar-refractivity contribution is 9.10. The molecule has 2 aromatic carbocycles. The van der Waals surface area contributed by atoms with Crippen molar-refractivity contribution in [3.05, 3.63) is 52.0 Å². The maximum absolute atomic E-state index is 9.85. The van der Waals surface area contributed by atoms with Gasteiger partial charge in [0, 0.05) is 6.21 Å². The first-order chi connectivity index (χ1) is 9.60. The zero-order valence-electron chi connectivity index (χ0n) is 11.4. The number of aliphatic imine (C=N–C) groups is 1. The number of phenols is 1. The van der Waals surface area contributed by atoms with Gasteiger partial charge >= 0.3 is 0 Å². The highest BCUT2D eigenvalue weighted by atomic mass is 79.9. The predicted molar refractivity (Wildman–Crippen MR) is 85.4 cm³/mol. The molecular weight excluding hydrogens is 318 g/mol. The molecule has 4 heteroatoms. The first-order valence-corrected chi connectivity index (χ1v) is 7.15. The number of aromatic hydroxyl groups is 1. The minimum atomic E-state index is 0.110. The molecular formula is C16H16BrNO2. The van der Waals surface area contributed by atoms with Crippen molar-refractivity contribution in [1.29, 1.82) is 0 Å². The number of phenolic OH excluding ortho intramolecular Hbond substituents is 1. The molecule has 104 valence electrons. The second kappa shape index (κ2) is 6.57. The quantitative estimate of drug-likeness (QED) is 0.830. The van der Waals surface area contributed by atoms with Gasteiger partial charge in [-0.25, -0.2) is 0 Å². The molecule has 2 rings (SSSR count). The minimum absolute atomic E-state index is 0.110. The van der Waals surface area contributed by atoms with Crippen LogP contribution in [-0.2, 0) is 0 Å². The van der Waals surface area contributed by atoms with Gasteiger partial charge in [0.2, 0.25) is 0 Å². The molecule has 0 aromatic heterocycles. The summed E-state index contributed by atoms with van der Waals surface area (Å²) in [6.07, 6.45) is 1.75. The molecule has 0 atom stereocenters. The molecule has 3 nitrogen and oxygen atoms in total. The van der Waals surface area contributed by atoms with Crippen LogP contribution in [0.3, 0.4) is 0 Å². The van der Waals surface area contributed by atoms with Gasteiger partial charge in [-0.1, -0.05) is 17.7 Å². The summed E-state index contributed by atoms with van der Waals surface area (Å²) < 4.78 is 5.98. The molecule has 0 saturated heterocycles. The lowest BCUT2D eigenvalue weighted by molar-refractivity contribution is 0.317. The van der Waals surface area contributed by atoms with Crippen LogP contribution in [0.15, 0.2) is 45.9 Å². The number of halogens is 1. The fourth-order valence-electron chi connectivity index (χ4n) is 1.71. The maximum Gasteiger partial charge on any atom is 0.172 e. The van der Waals surface area contributed by atoms with Crippen molar-refractivity contribution < 1.29 is 9.84 Å². The molecule has 0 saturated carbocycles. The minimum Gasteiger partial charge on any atom is -0.503 e. The van der Waals surface area contributed by atoms with Gasteiger partial charge in [0.1, 0.15) is 0 Å². The highest BCUT2D eigenvalue weighted by Crippen LogP contribution is 2.35.